The van der Waals surface area contributed by atoms with Gasteiger partial charge in [0.15, 0.2) is 0 Å². The SMILES string of the molecule is CN1Cc2cc(NS(=O)(=O)c3ccccc3)ccc2CC1=O. The van der Waals surface area contributed by atoms with Crippen molar-refractivity contribution in [1.29, 1.82) is 0 Å². The summed E-state index contributed by atoms with van der Waals surface area (Å²) in [5.74, 6) is 0.0742. The van der Waals surface area contributed by atoms with E-state index < -0.39 is 10.0 Å². The number of carbonyl (C=O) groups is 1. The molecule has 0 aromatic heterocycles. The molecule has 0 unspecified atom stereocenters. The Bertz CT molecular complexity index is 817. The first kappa shape index (κ1) is 14.6. The Morgan fingerprint density at radius 1 is 1.05 bits per heavy atom. The lowest BCUT2D eigenvalue weighted by Gasteiger charge is -2.25. The van der Waals surface area contributed by atoms with E-state index in [0.29, 0.717) is 18.7 Å². The second-order valence-corrected chi connectivity index (χ2v) is 7.01. The lowest BCUT2D eigenvalue weighted by atomic mass is 9.99. The third-order valence-corrected chi connectivity index (χ3v) is 5.08. The minimum Gasteiger partial charge on any atom is -0.341 e. The molecule has 1 aliphatic rings. The first-order chi connectivity index (χ1) is 10.5. The Morgan fingerprint density at radius 2 is 1.77 bits per heavy atom. The largest absolute Gasteiger partial charge is 0.341 e. The second-order valence-electron chi connectivity index (χ2n) is 5.33. The highest BCUT2D eigenvalue weighted by Crippen LogP contribution is 2.24. The van der Waals surface area contributed by atoms with Crippen molar-refractivity contribution in [2.24, 2.45) is 0 Å². The molecule has 0 spiro atoms. The number of rotatable bonds is 3. The molecule has 6 heteroatoms. The summed E-state index contributed by atoms with van der Waals surface area (Å²) in [6, 6.07) is 13.5. The molecule has 0 bridgehead atoms. The first-order valence-corrected chi connectivity index (χ1v) is 8.38. The van der Waals surface area contributed by atoms with Gasteiger partial charge in [-0.25, -0.2) is 8.42 Å². The monoisotopic (exact) mass is 316 g/mol. The van der Waals surface area contributed by atoms with Gasteiger partial charge < -0.3 is 4.90 Å². The Morgan fingerprint density at radius 3 is 2.50 bits per heavy atom. The number of carbonyl (C=O) groups excluding carboxylic acids is 1. The molecule has 3 rings (SSSR count). The Balaban J connectivity index is 1.88. The molecule has 1 N–H and O–H groups in total. The molecular formula is C16H16N2O3S. The van der Waals surface area contributed by atoms with E-state index in [1.165, 1.54) is 0 Å². The molecule has 2 aromatic rings. The van der Waals surface area contributed by atoms with Gasteiger partial charge in [0, 0.05) is 19.3 Å². The summed E-state index contributed by atoms with van der Waals surface area (Å²) >= 11 is 0. The molecule has 0 radical (unpaired) electrons. The van der Waals surface area contributed by atoms with E-state index in [-0.39, 0.29) is 10.8 Å². The zero-order valence-corrected chi connectivity index (χ0v) is 12.9. The predicted octanol–water partition coefficient (Wildman–Crippen LogP) is 2.00. The second kappa shape index (κ2) is 5.46. The van der Waals surface area contributed by atoms with Crippen LogP contribution in [0.5, 0.6) is 0 Å². The molecule has 0 atom stereocenters. The molecule has 2 aromatic carbocycles. The standard InChI is InChI=1S/C16H16N2O3S/c1-18-11-13-9-14(8-7-12(13)10-16(18)19)17-22(20,21)15-5-3-2-4-6-15/h2-9,17H,10-11H2,1H3. The minimum atomic E-state index is -3.59. The Labute approximate surface area is 129 Å². The lowest BCUT2D eigenvalue weighted by Crippen LogP contribution is -2.32. The van der Waals surface area contributed by atoms with Gasteiger partial charge in [0.1, 0.15) is 0 Å². The van der Waals surface area contributed by atoms with Crippen LogP contribution in [0.15, 0.2) is 53.4 Å². The maximum absolute atomic E-state index is 12.3. The molecule has 0 fully saturated rings. The number of anilines is 1. The van der Waals surface area contributed by atoms with E-state index in [9.17, 15) is 13.2 Å². The molecule has 0 saturated carbocycles. The third-order valence-electron chi connectivity index (χ3n) is 3.69. The van der Waals surface area contributed by atoms with Crippen LogP contribution in [-0.4, -0.2) is 26.3 Å². The Kier molecular flexibility index (Phi) is 3.62. The number of hydrogen-bond donors (Lipinski definition) is 1. The van der Waals surface area contributed by atoms with Crippen LogP contribution in [0.2, 0.25) is 0 Å². The van der Waals surface area contributed by atoms with Gasteiger partial charge in [-0.1, -0.05) is 24.3 Å². The van der Waals surface area contributed by atoms with Crippen molar-refractivity contribution in [1.82, 2.24) is 4.90 Å². The van der Waals surface area contributed by atoms with Gasteiger partial charge in [-0.3, -0.25) is 9.52 Å². The van der Waals surface area contributed by atoms with Crippen LogP contribution in [0, 0.1) is 0 Å². The van der Waals surface area contributed by atoms with E-state index >= 15 is 0 Å². The van der Waals surface area contributed by atoms with Crippen molar-refractivity contribution in [2.45, 2.75) is 17.9 Å². The number of sulfonamides is 1. The highest BCUT2D eigenvalue weighted by atomic mass is 32.2. The molecular weight excluding hydrogens is 300 g/mol. The van der Waals surface area contributed by atoms with Crippen LogP contribution in [-0.2, 0) is 27.8 Å². The summed E-state index contributed by atoms with van der Waals surface area (Å²) in [5.41, 5.74) is 2.42. The average Bonchev–Trinajstić information content (AvgIpc) is 2.49. The molecule has 114 valence electrons. The van der Waals surface area contributed by atoms with E-state index in [1.54, 1.807) is 54.4 Å². The van der Waals surface area contributed by atoms with E-state index in [1.807, 2.05) is 6.07 Å². The number of hydrogen-bond acceptors (Lipinski definition) is 3. The summed E-state index contributed by atoms with van der Waals surface area (Å²) in [6.07, 6.45) is 0.359. The number of nitrogens with zero attached hydrogens (tertiary/aromatic N) is 1. The molecule has 1 aliphatic heterocycles. The zero-order valence-electron chi connectivity index (χ0n) is 12.1. The normalized spacial score (nSPS) is 14.6. The quantitative estimate of drug-likeness (QED) is 0.942. The van der Waals surface area contributed by atoms with Crippen molar-refractivity contribution in [3.8, 4) is 0 Å². The number of nitrogens with one attached hydrogen (secondary N) is 1. The van der Waals surface area contributed by atoms with Crippen molar-refractivity contribution in [2.75, 3.05) is 11.8 Å². The molecule has 1 heterocycles. The van der Waals surface area contributed by atoms with Gasteiger partial charge in [0.25, 0.3) is 10.0 Å². The highest BCUT2D eigenvalue weighted by molar-refractivity contribution is 7.92. The number of fused-ring (bicyclic) bond motifs is 1. The number of amides is 1. The van der Waals surface area contributed by atoms with Gasteiger partial charge in [-0.2, -0.15) is 0 Å². The van der Waals surface area contributed by atoms with Crippen LogP contribution in [0.3, 0.4) is 0 Å². The summed E-state index contributed by atoms with van der Waals surface area (Å²) in [5, 5.41) is 0. The van der Waals surface area contributed by atoms with Gasteiger partial charge in [-0.15, -0.1) is 0 Å². The maximum Gasteiger partial charge on any atom is 0.261 e. The molecule has 1 amide bonds. The van der Waals surface area contributed by atoms with Gasteiger partial charge in [-0.05, 0) is 35.4 Å². The van der Waals surface area contributed by atoms with Crippen molar-refractivity contribution in [3.05, 3.63) is 59.7 Å². The number of benzene rings is 2. The average molecular weight is 316 g/mol. The van der Waals surface area contributed by atoms with E-state index in [0.717, 1.165) is 11.1 Å². The fourth-order valence-corrected chi connectivity index (χ4v) is 3.53. The van der Waals surface area contributed by atoms with Crippen LogP contribution >= 0.6 is 0 Å². The summed E-state index contributed by atoms with van der Waals surface area (Å²) in [7, 11) is -1.85. The van der Waals surface area contributed by atoms with Gasteiger partial charge in [0.2, 0.25) is 5.91 Å². The fraction of sp³-hybridized carbons (Fsp3) is 0.188. The van der Waals surface area contributed by atoms with Crippen LogP contribution in [0.4, 0.5) is 5.69 Å². The van der Waals surface area contributed by atoms with Crippen LogP contribution in [0.25, 0.3) is 0 Å². The topological polar surface area (TPSA) is 66.5 Å². The van der Waals surface area contributed by atoms with Crippen molar-refractivity contribution in [3.63, 3.8) is 0 Å². The first-order valence-electron chi connectivity index (χ1n) is 6.89. The van der Waals surface area contributed by atoms with Crippen LogP contribution in [0.1, 0.15) is 11.1 Å². The molecule has 0 aliphatic carbocycles. The molecule has 22 heavy (non-hydrogen) atoms. The maximum atomic E-state index is 12.3. The summed E-state index contributed by atoms with van der Waals surface area (Å²) in [6.45, 7) is 0.495. The summed E-state index contributed by atoms with van der Waals surface area (Å²) in [4.78, 5) is 13.5. The smallest absolute Gasteiger partial charge is 0.261 e. The van der Waals surface area contributed by atoms with E-state index in [2.05, 4.69) is 4.72 Å². The molecule has 0 saturated heterocycles. The third kappa shape index (κ3) is 2.82. The van der Waals surface area contributed by atoms with Gasteiger partial charge >= 0.3 is 0 Å². The van der Waals surface area contributed by atoms with E-state index in [4.69, 9.17) is 0 Å². The lowest BCUT2D eigenvalue weighted by molar-refractivity contribution is -0.130. The van der Waals surface area contributed by atoms with Crippen LogP contribution < -0.4 is 4.72 Å². The van der Waals surface area contributed by atoms with Gasteiger partial charge in [0.05, 0.1) is 11.3 Å². The zero-order chi connectivity index (χ0) is 15.7. The number of likely N-dealkylation sites (N-methyl/N-ethyl adjacent to an activating group) is 1. The summed E-state index contributed by atoms with van der Waals surface area (Å²) < 4.78 is 27.2. The predicted molar refractivity (Wildman–Crippen MR) is 83.9 cm³/mol. The Hall–Kier alpha value is -2.34. The molecule has 5 nitrogen and oxygen atoms in total. The fourth-order valence-electron chi connectivity index (χ4n) is 2.46. The van der Waals surface area contributed by atoms with Crippen molar-refractivity contribution >= 4 is 21.6 Å². The highest BCUT2D eigenvalue weighted by Gasteiger charge is 2.21. The minimum absolute atomic E-state index is 0.0742. The van der Waals surface area contributed by atoms with Crippen molar-refractivity contribution < 1.29 is 13.2 Å².